The van der Waals surface area contributed by atoms with Crippen molar-refractivity contribution in [3.63, 3.8) is 0 Å². The second-order valence-electron chi connectivity index (χ2n) is 9.74. The fourth-order valence-corrected chi connectivity index (χ4v) is 5.86. The molecular weight excluding hydrogens is 573 g/mol. The number of ether oxygens (including phenoxy) is 2. The zero-order chi connectivity index (χ0) is 29.4. The topological polar surface area (TPSA) is 84.0 Å². The summed E-state index contributed by atoms with van der Waals surface area (Å²) in [4.78, 5) is 30.9. The molecule has 0 aliphatic carbocycles. The van der Waals surface area contributed by atoms with Crippen molar-refractivity contribution in [1.82, 2.24) is 9.99 Å². The van der Waals surface area contributed by atoms with E-state index in [1.54, 1.807) is 56.7 Å². The summed E-state index contributed by atoms with van der Waals surface area (Å²) in [6.45, 7) is 0. The number of halogens is 2. The first-order valence-electron chi connectivity index (χ1n) is 13.2. The Morgan fingerprint density at radius 1 is 0.905 bits per heavy atom. The Morgan fingerprint density at radius 3 is 2.40 bits per heavy atom. The molecule has 42 heavy (non-hydrogen) atoms. The average molecular weight is 598 g/mol. The molecule has 2 heterocycles. The van der Waals surface area contributed by atoms with Gasteiger partial charge in [-0.3, -0.25) is 9.59 Å². The van der Waals surface area contributed by atoms with Crippen LogP contribution in [0.5, 0.6) is 11.5 Å². The molecule has 0 saturated heterocycles. The number of benzene rings is 4. The van der Waals surface area contributed by atoms with Crippen LogP contribution in [0.25, 0.3) is 22.0 Å². The standard InChI is InChI=1S/C33H25Cl2N3O4/c1-41-28-14-8-12-22(31(28)42-2)27-18-26(37-38(27)33(40)21-11-6-7-13-24(21)35)30-29(19-9-4-3-5-10-19)23-17-20(34)15-16-25(23)36-32(30)39/h3-17,27H,18H2,1-2H3,(H,36,39)/t27-/m0/s1. The van der Waals surface area contributed by atoms with Crippen molar-refractivity contribution in [2.75, 3.05) is 14.2 Å². The highest BCUT2D eigenvalue weighted by Crippen LogP contribution is 2.43. The first-order valence-corrected chi connectivity index (χ1v) is 13.9. The lowest BCUT2D eigenvalue weighted by molar-refractivity contribution is 0.0709. The Hall–Kier alpha value is -4.59. The maximum atomic E-state index is 14.0. The number of aromatic nitrogens is 1. The maximum absolute atomic E-state index is 14.0. The first-order chi connectivity index (χ1) is 20.4. The van der Waals surface area contributed by atoms with Gasteiger partial charge in [-0.2, -0.15) is 5.10 Å². The number of hydrogen-bond donors (Lipinski definition) is 1. The average Bonchev–Trinajstić information content (AvgIpc) is 3.45. The number of carbonyl (C=O) groups is 1. The molecule has 5 aromatic rings. The van der Waals surface area contributed by atoms with Crippen molar-refractivity contribution >= 4 is 45.7 Å². The number of carbonyl (C=O) groups excluding carboxylic acids is 1. The van der Waals surface area contributed by atoms with E-state index in [0.29, 0.717) is 55.0 Å². The second kappa shape index (κ2) is 11.4. The molecule has 1 amide bonds. The minimum atomic E-state index is -0.619. The summed E-state index contributed by atoms with van der Waals surface area (Å²) in [5, 5.41) is 7.80. The summed E-state index contributed by atoms with van der Waals surface area (Å²) in [7, 11) is 3.10. The largest absolute Gasteiger partial charge is 0.493 e. The van der Waals surface area contributed by atoms with Gasteiger partial charge in [0.25, 0.3) is 11.5 Å². The predicted molar refractivity (Wildman–Crippen MR) is 166 cm³/mol. The minimum Gasteiger partial charge on any atom is -0.493 e. The molecule has 1 aromatic heterocycles. The summed E-state index contributed by atoms with van der Waals surface area (Å²) >= 11 is 12.9. The number of hydrazone groups is 1. The molecule has 0 unspecified atom stereocenters. The molecule has 7 nitrogen and oxygen atoms in total. The van der Waals surface area contributed by atoms with Gasteiger partial charge in [-0.1, -0.05) is 77.8 Å². The van der Waals surface area contributed by atoms with Crippen LogP contribution in [0.2, 0.25) is 10.0 Å². The van der Waals surface area contributed by atoms with Crippen LogP contribution in [0.1, 0.15) is 33.9 Å². The van der Waals surface area contributed by atoms with Gasteiger partial charge in [-0.25, -0.2) is 5.01 Å². The molecule has 0 saturated carbocycles. The summed E-state index contributed by atoms with van der Waals surface area (Å²) in [6, 6.07) is 26.6. The van der Waals surface area contributed by atoms with Gasteiger partial charge < -0.3 is 14.5 Å². The zero-order valence-corrected chi connectivity index (χ0v) is 24.2. The van der Waals surface area contributed by atoms with Gasteiger partial charge in [0, 0.05) is 33.5 Å². The van der Waals surface area contributed by atoms with E-state index in [4.69, 9.17) is 37.8 Å². The number of hydrogen-bond acceptors (Lipinski definition) is 5. The van der Waals surface area contributed by atoms with E-state index in [9.17, 15) is 9.59 Å². The van der Waals surface area contributed by atoms with Crippen molar-refractivity contribution < 1.29 is 14.3 Å². The van der Waals surface area contributed by atoms with Crippen LogP contribution < -0.4 is 15.0 Å². The Kier molecular flexibility index (Phi) is 7.45. The van der Waals surface area contributed by atoms with Crippen molar-refractivity contribution in [3.05, 3.63) is 128 Å². The number of H-pyrrole nitrogens is 1. The smallest absolute Gasteiger partial charge is 0.276 e. The molecule has 6 rings (SSSR count). The van der Waals surface area contributed by atoms with Gasteiger partial charge in [0.2, 0.25) is 0 Å². The Morgan fingerprint density at radius 2 is 1.67 bits per heavy atom. The SMILES string of the molecule is COc1cccc([C@@H]2CC(c3c(-c4ccccc4)c4cc(Cl)ccc4[nH]c3=O)=NN2C(=O)c2ccccc2Cl)c1OC. The van der Waals surface area contributed by atoms with Crippen molar-refractivity contribution in [3.8, 4) is 22.6 Å². The highest BCUT2D eigenvalue weighted by atomic mass is 35.5. The number of para-hydroxylation sites is 1. The highest BCUT2D eigenvalue weighted by Gasteiger charge is 2.38. The third-order valence-electron chi connectivity index (χ3n) is 7.34. The van der Waals surface area contributed by atoms with E-state index in [0.717, 1.165) is 10.9 Å². The van der Waals surface area contributed by atoms with Crippen LogP contribution in [0.4, 0.5) is 0 Å². The van der Waals surface area contributed by atoms with Gasteiger partial charge >= 0.3 is 0 Å². The number of fused-ring (bicyclic) bond motifs is 1. The third-order valence-corrected chi connectivity index (χ3v) is 7.91. The van der Waals surface area contributed by atoms with Gasteiger partial charge in [0.15, 0.2) is 11.5 Å². The summed E-state index contributed by atoms with van der Waals surface area (Å²) < 4.78 is 11.3. The van der Waals surface area contributed by atoms with Gasteiger partial charge in [0.05, 0.1) is 42.1 Å². The quantitative estimate of drug-likeness (QED) is 0.219. The molecule has 9 heteroatoms. The number of nitrogens with zero attached hydrogens (tertiary/aromatic N) is 2. The molecular formula is C33H25Cl2N3O4. The van der Waals surface area contributed by atoms with Crippen LogP contribution in [-0.4, -0.2) is 35.8 Å². The van der Waals surface area contributed by atoms with E-state index in [1.807, 2.05) is 48.5 Å². The van der Waals surface area contributed by atoms with Crippen molar-refractivity contribution in [2.45, 2.75) is 12.5 Å². The summed E-state index contributed by atoms with van der Waals surface area (Å²) in [5.74, 6) is 0.574. The first kappa shape index (κ1) is 27.6. The molecule has 1 aliphatic rings. The number of nitrogens with one attached hydrogen (secondary N) is 1. The lowest BCUT2D eigenvalue weighted by atomic mass is 9.90. The minimum absolute atomic E-state index is 0.231. The van der Waals surface area contributed by atoms with Crippen molar-refractivity contribution in [1.29, 1.82) is 0 Å². The number of aromatic amines is 1. The normalized spacial score (nSPS) is 14.6. The van der Waals surface area contributed by atoms with Crippen LogP contribution in [0.3, 0.4) is 0 Å². The van der Waals surface area contributed by atoms with E-state index in [1.165, 1.54) is 5.01 Å². The number of pyridine rings is 1. The Balaban J connectivity index is 1.60. The lowest BCUT2D eigenvalue weighted by Crippen LogP contribution is -2.27. The molecule has 0 fully saturated rings. The van der Waals surface area contributed by atoms with E-state index in [-0.39, 0.29) is 12.0 Å². The van der Waals surface area contributed by atoms with Crippen LogP contribution in [0.15, 0.2) is 101 Å². The fourth-order valence-electron chi connectivity index (χ4n) is 5.47. The Labute approximate surface area is 251 Å². The molecule has 1 aliphatic heterocycles. The van der Waals surface area contributed by atoms with Gasteiger partial charge in [-0.15, -0.1) is 0 Å². The summed E-state index contributed by atoms with van der Waals surface area (Å²) in [6.07, 6.45) is 0.231. The van der Waals surface area contributed by atoms with E-state index < -0.39 is 11.9 Å². The van der Waals surface area contributed by atoms with E-state index in [2.05, 4.69) is 4.98 Å². The van der Waals surface area contributed by atoms with E-state index >= 15 is 0 Å². The third kappa shape index (κ3) is 4.81. The second-order valence-corrected chi connectivity index (χ2v) is 10.6. The van der Waals surface area contributed by atoms with Crippen LogP contribution >= 0.6 is 23.2 Å². The molecule has 0 spiro atoms. The highest BCUT2D eigenvalue weighted by molar-refractivity contribution is 6.34. The zero-order valence-electron chi connectivity index (χ0n) is 22.7. The number of rotatable bonds is 6. The molecule has 4 aromatic carbocycles. The fraction of sp³-hybridized carbons (Fsp3) is 0.121. The monoisotopic (exact) mass is 597 g/mol. The van der Waals surface area contributed by atoms with Crippen LogP contribution in [0, 0.1) is 0 Å². The van der Waals surface area contributed by atoms with Crippen LogP contribution in [-0.2, 0) is 0 Å². The number of amides is 1. The molecule has 0 bridgehead atoms. The number of methoxy groups -OCH3 is 2. The maximum Gasteiger partial charge on any atom is 0.276 e. The predicted octanol–water partition coefficient (Wildman–Crippen LogP) is 7.51. The molecule has 210 valence electrons. The van der Waals surface area contributed by atoms with Crippen molar-refractivity contribution in [2.24, 2.45) is 5.10 Å². The summed E-state index contributed by atoms with van der Waals surface area (Å²) in [5.41, 5.74) is 3.57. The Bertz CT molecular complexity index is 1920. The lowest BCUT2D eigenvalue weighted by Gasteiger charge is -2.24. The van der Waals surface area contributed by atoms with Gasteiger partial charge in [0.1, 0.15) is 0 Å². The molecule has 1 atom stereocenters. The van der Waals surface area contributed by atoms with Gasteiger partial charge in [-0.05, 0) is 42.0 Å². The molecule has 0 radical (unpaired) electrons. The molecule has 1 N–H and O–H groups in total.